The standard InChI is InChI=1S/C15H18BrNO2/c16-12-6-3-5-11(12)9-17-15(18)14-8-10-4-1-2-7-13(10)19-14/h1-2,4,7,11-12,14H,3,5-6,8-9H2,(H,17,18). The predicted molar refractivity (Wildman–Crippen MR) is 77.6 cm³/mol. The number of carbonyl (C=O) groups excluding carboxylic acids is 1. The van der Waals surface area contributed by atoms with Gasteiger partial charge >= 0.3 is 0 Å². The Bertz CT molecular complexity index is 452. The van der Waals surface area contributed by atoms with Gasteiger partial charge < -0.3 is 10.1 Å². The summed E-state index contributed by atoms with van der Waals surface area (Å²) in [4.78, 5) is 12.7. The fourth-order valence-corrected chi connectivity index (χ4v) is 3.67. The molecule has 2 aliphatic rings. The highest BCUT2D eigenvalue weighted by Gasteiger charge is 2.30. The zero-order chi connectivity index (χ0) is 13.2. The van der Waals surface area contributed by atoms with Gasteiger partial charge in [-0.3, -0.25) is 4.79 Å². The number of para-hydroxylation sites is 1. The normalized spacial score (nSPS) is 28.8. The van der Waals surface area contributed by atoms with E-state index in [1.165, 1.54) is 19.3 Å². The molecule has 1 aromatic carbocycles. The molecular weight excluding hydrogens is 306 g/mol. The van der Waals surface area contributed by atoms with Gasteiger partial charge in [0.1, 0.15) is 5.75 Å². The minimum Gasteiger partial charge on any atom is -0.480 e. The van der Waals surface area contributed by atoms with Gasteiger partial charge in [0.05, 0.1) is 0 Å². The lowest BCUT2D eigenvalue weighted by Crippen LogP contribution is -2.40. The van der Waals surface area contributed by atoms with Crippen molar-refractivity contribution in [1.29, 1.82) is 0 Å². The molecule has 3 atom stereocenters. The summed E-state index contributed by atoms with van der Waals surface area (Å²) >= 11 is 3.68. The molecule has 3 nitrogen and oxygen atoms in total. The van der Waals surface area contributed by atoms with E-state index in [0.29, 0.717) is 17.2 Å². The molecule has 3 rings (SSSR count). The molecular formula is C15H18BrNO2. The lowest BCUT2D eigenvalue weighted by molar-refractivity contribution is -0.127. The van der Waals surface area contributed by atoms with Crippen LogP contribution in [-0.4, -0.2) is 23.4 Å². The van der Waals surface area contributed by atoms with E-state index in [-0.39, 0.29) is 12.0 Å². The third-order valence-corrected chi connectivity index (χ3v) is 5.25. The van der Waals surface area contributed by atoms with Crippen LogP contribution in [0.5, 0.6) is 5.75 Å². The summed E-state index contributed by atoms with van der Waals surface area (Å²) in [6.45, 7) is 0.755. The molecule has 4 heteroatoms. The van der Waals surface area contributed by atoms with Gasteiger partial charge in [-0.15, -0.1) is 0 Å². The number of halogens is 1. The molecule has 3 unspecified atom stereocenters. The first-order valence-electron chi connectivity index (χ1n) is 6.90. The number of hydrogen-bond acceptors (Lipinski definition) is 2. The van der Waals surface area contributed by atoms with E-state index < -0.39 is 0 Å². The smallest absolute Gasteiger partial charge is 0.261 e. The molecule has 0 bridgehead atoms. The Morgan fingerprint density at radius 3 is 2.95 bits per heavy atom. The molecule has 1 fully saturated rings. The predicted octanol–water partition coefficient (Wildman–Crippen LogP) is 2.67. The van der Waals surface area contributed by atoms with Crippen molar-refractivity contribution >= 4 is 21.8 Å². The molecule has 102 valence electrons. The first-order chi connectivity index (χ1) is 9.24. The van der Waals surface area contributed by atoms with Crippen LogP contribution in [0.15, 0.2) is 24.3 Å². The van der Waals surface area contributed by atoms with Gasteiger partial charge in [-0.2, -0.15) is 0 Å². The number of benzene rings is 1. The van der Waals surface area contributed by atoms with Gasteiger partial charge in [0.25, 0.3) is 5.91 Å². The van der Waals surface area contributed by atoms with Crippen LogP contribution >= 0.6 is 15.9 Å². The monoisotopic (exact) mass is 323 g/mol. The summed E-state index contributed by atoms with van der Waals surface area (Å²) in [6.07, 6.45) is 3.99. The molecule has 1 saturated carbocycles. The Morgan fingerprint density at radius 1 is 1.37 bits per heavy atom. The van der Waals surface area contributed by atoms with Crippen LogP contribution in [0.25, 0.3) is 0 Å². The number of ether oxygens (including phenoxy) is 1. The summed E-state index contributed by atoms with van der Waals surface area (Å²) in [6, 6.07) is 7.87. The average molecular weight is 324 g/mol. The summed E-state index contributed by atoms with van der Waals surface area (Å²) in [5, 5.41) is 3.04. The van der Waals surface area contributed by atoms with Crippen molar-refractivity contribution in [2.24, 2.45) is 5.92 Å². The molecule has 19 heavy (non-hydrogen) atoms. The van der Waals surface area contributed by atoms with Gasteiger partial charge in [-0.05, 0) is 30.4 Å². The van der Waals surface area contributed by atoms with E-state index in [2.05, 4.69) is 21.2 Å². The molecule has 0 saturated heterocycles. The molecule has 1 amide bonds. The van der Waals surface area contributed by atoms with Crippen LogP contribution in [0.4, 0.5) is 0 Å². The van der Waals surface area contributed by atoms with Crippen LogP contribution in [0.3, 0.4) is 0 Å². The van der Waals surface area contributed by atoms with Crippen molar-refractivity contribution in [2.75, 3.05) is 6.54 Å². The van der Waals surface area contributed by atoms with Crippen molar-refractivity contribution < 1.29 is 9.53 Å². The number of rotatable bonds is 3. The Hall–Kier alpha value is -1.03. The van der Waals surface area contributed by atoms with Gasteiger partial charge in [0.2, 0.25) is 0 Å². The highest BCUT2D eigenvalue weighted by atomic mass is 79.9. The summed E-state index contributed by atoms with van der Waals surface area (Å²) < 4.78 is 5.69. The molecule has 1 aliphatic heterocycles. The maximum absolute atomic E-state index is 12.1. The number of hydrogen-bond donors (Lipinski definition) is 1. The first-order valence-corrected chi connectivity index (χ1v) is 7.82. The van der Waals surface area contributed by atoms with Gasteiger partial charge in [-0.25, -0.2) is 0 Å². The minimum absolute atomic E-state index is 0.0165. The number of carbonyl (C=O) groups is 1. The third-order valence-electron chi connectivity index (χ3n) is 4.04. The summed E-state index contributed by atoms with van der Waals surface area (Å²) in [5.74, 6) is 1.43. The lowest BCUT2D eigenvalue weighted by atomic mass is 10.1. The highest BCUT2D eigenvalue weighted by Crippen LogP contribution is 2.31. The third kappa shape index (κ3) is 2.78. The Kier molecular flexibility index (Phi) is 3.78. The Labute approximate surface area is 121 Å². The molecule has 0 radical (unpaired) electrons. The molecule has 1 aromatic rings. The molecule has 1 heterocycles. The minimum atomic E-state index is -0.354. The fourth-order valence-electron chi connectivity index (χ4n) is 2.90. The van der Waals surface area contributed by atoms with E-state index in [0.717, 1.165) is 17.9 Å². The van der Waals surface area contributed by atoms with Crippen LogP contribution in [0.2, 0.25) is 0 Å². The van der Waals surface area contributed by atoms with Crippen molar-refractivity contribution in [3.8, 4) is 5.75 Å². The number of fused-ring (bicyclic) bond motifs is 1. The molecule has 1 N–H and O–H groups in total. The van der Waals surface area contributed by atoms with Crippen molar-refractivity contribution in [1.82, 2.24) is 5.32 Å². The van der Waals surface area contributed by atoms with E-state index in [1.54, 1.807) is 0 Å². The Balaban J connectivity index is 1.52. The maximum atomic E-state index is 12.1. The zero-order valence-electron chi connectivity index (χ0n) is 10.8. The lowest BCUT2D eigenvalue weighted by Gasteiger charge is -2.17. The summed E-state index contributed by atoms with van der Waals surface area (Å²) in [7, 11) is 0. The number of amides is 1. The average Bonchev–Trinajstić information content (AvgIpc) is 3.01. The quantitative estimate of drug-likeness (QED) is 0.868. The van der Waals surface area contributed by atoms with Crippen molar-refractivity contribution in [3.63, 3.8) is 0 Å². The second-order valence-electron chi connectivity index (χ2n) is 5.37. The zero-order valence-corrected chi connectivity index (χ0v) is 12.4. The van der Waals surface area contributed by atoms with E-state index >= 15 is 0 Å². The topological polar surface area (TPSA) is 38.3 Å². The van der Waals surface area contributed by atoms with Gasteiger partial charge in [0, 0.05) is 17.8 Å². The van der Waals surface area contributed by atoms with Crippen molar-refractivity contribution in [2.45, 2.75) is 36.6 Å². The molecule has 0 aromatic heterocycles. The van der Waals surface area contributed by atoms with Gasteiger partial charge in [-0.1, -0.05) is 40.5 Å². The SMILES string of the molecule is O=C(NCC1CCCC1Br)C1Cc2ccccc2O1. The highest BCUT2D eigenvalue weighted by molar-refractivity contribution is 9.09. The number of nitrogens with one attached hydrogen (secondary N) is 1. The van der Waals surface area contributed by atoms with E-state index in [4.69, 9.17) is 4.74 Å². The summed E-state index contributed by atoms with van der Waals surface area (Å²) in [5.41, 5.74) is 1.13. The van der Waals surface area contributed by atoms with Crippen LogP contribution < -0.4 is 10.1 Å². The fraction of sp³-hybridized carbons (Fsp3) is 0.533. The largest absolute Gasteiger partial charge is 0.480 e. The van der Waals surface area contributed by atoms with Crippen LogP contribution in [0.1, 0.15) is 24.8 Å². The maximum Gasteiger partial charge on any atom is 0.261 e. The number of alkyl halides is 1. The molecule has 1 aliphatic carbocycles. The van der Waals surface area contributed by atoms with Crippen LogP contribution in [-0.2, 0) is 11.2 Å². The second-order valence-corrected chi connectivity index (χ2v) is 6.55. The van der Waals surface area contributed by atoms with Gasteiger partial charge in [0.15, 0.2) is 6.10 Å². The first kappa shape index (κ1) is 13.0. The Morgan fingerprint density at radius 2 is 2.21 bits per heavy atom. The van der Waals surface area contributed by atoms with E-state index in [1.807, 2.05) is 24.3 Å². The van der Waals surface area contributed by atoms with E-state index in [9.17, 15) is 4.79 Å². The molecule has 0 spiro atoms. The van der Waals surface area contributed by atoms with Crippen molar-refractivity contribution in [3.05, 3.63) is 29.8 Å². The van der Waals surface area contributed by atoms with Crippen LogP contribution in [0, 0.1) is 5.92 Å². The second kappa shape index (κ2) is 5.53.